The lowest BCUT2D eigenvalue weighted by Crippen LogP contribution is -2.37. The number of hydrogen-bond acceptors (Lipinski definition) is 3. The third kappa shape index (κ3) is 19.4. The predicted molar refractivity (Wildman–Crippen MR) is 116 cm³/mol. The van der Waals surface area contributed by atoms with Gasteiger partial charge < -0.3 is 15.5 Å². The molecule has 0 aromatic rings. The average molecular weight is 398 g/mol. The van der Waals surface area contributed by atoms with Crippen LogP contribution in [0.5, 0.6) is 0 Å². The normalized spacial score (nSPS) is 12.5. The van der Waals surface area contributed by atoms with E-state index in [9.17, 15) is 9.59 Å². The lowest BCUT2D eigenvalue weighted by atomic mass is 10.1. The van der Waals surface area contributed by atoms with E-state index in [1.54, 1.807) is 0 Å². The Morgan fingerprint density at radius 3 is 1.79 bits per heavy atom. The van der Waals surface area contributed by atoms with E-state index in [1.807, 2.05) is 0 Å². The molecule has 0 saturated carbocycles. The summed E-state index contributed by atoms with van der Waals surface area (Å²) in [6, 6.07) is -0.751. The van der Waals surface area contributed by atoms with Crippen LogP contribution in [-0.4, -0.2) is 34.7 Å². The van der Waals surface area contributed by atoms with Crippen molar-refractivity contribution in [1.82, 2.24) is 5.32 Å². The molecular weight excluding hydrogens is 354 g/mol. The molecule has 28 heavy (non-hydrogen) atoms. The van der Waals surface area contributed by atoms with E-state index in [1.165, 1.54) is 77.0 Å². The van der Waals surface area contributed by atoms with Gasteiger partial charge in [-0.15, -0.1) is 0 Å². The summed E-state index contributed by atoms with van der Waals surface area (Å²) in [7, 11) is 0. The van der Waals surface area contributed by atoms with Crippen molar-refractivity contribution >= 4 is 11.9 Å². The minimum Gasteiger partial charge on any atom is -0.481 e. The standard InChI is InChI=1S/C23H43NO4/c1-2-3-4-5-6-7-8-9-10-11-12-13-14-15-16-17-20-24-21(23(27)28)18-19-22(25)26/h9-10,21,24H,2-8,11-20H2,1H3,(H,25,26)(H,27,28). The fraction of sp³-hybridized carbons (Fsp3) is 0.826. The van der Waals surface area contributed by atoms with Crippen LogP contribution in [0, 0.1) is 0 Å². The summed E-state index contributed by atoms with van der Waals surface area (Å²) in [6.07, 6.45) is 22.2. The number of aliphatic carboxylic acids is 2. The van der Waals surface area contributed by atoms with E-state index in [4.69, 9.17) is 10.2 Å². The Balaban J connectivity index is 3.37. The number of hydrogen-bond donors (Lipinski definition) is 3. The summed E-state index contributed by atoms with van der Waals surface area (Å²) < 4.78 is 0. The van der Waals surface area contributed by atoms with Crippen molar-refractivity contribution in [3.8, 4) is 0 Å². The number of carbonyl (C=O) groups is 2. The van der Waals surface area contributed by atoms with Gasteiger partial charge in [-0.25, -0.2) is 0 Å². The van der Waals surface area contributed by atoms with Crippen LogP contribution in [0.3, 0.4) is 0 Å². The Morgan fingerprint density at radius 1 is 0.786 bits per heavy atom. The highest BCUT2D eigenvalue weighted by atomic mass is 16.4. The van der Waals surface area contributed by atoms with Crippen LogP contribution in [0.4, 0.5) is 0 Å². The van der Waals surface area contributed by atoms with Crippen molar-refractivity contribution in [2.24, 2.45) is 0 Å². The SMILES string of the molecule is CCCCCCCCC=CCCCCCCCCNC(CCC(=O)O)C(=O)O. The van der Waals surface area contributed by atoms with Gasteiger partial charge in [-0.05, 0) is 45.1 Å². The summed E-state index contributed by atoms with van der Waals surface area (Å²) in [4.78, 5) is 21.6. The third-order valence-electron chi connectivity index (χ3n) is 5.02. The molecule has 3 N–H and O–H groups in total. The van der Waals surface area contributed by atoms with Crippen molar-refractivity contribution in [2.75, 3.05) is 6.54 Å². The molecule has 1 atom stereocenters. The first-order valence-electron chi connectivity index (χ1n) is 11.4. The molecule has 0 aliphatic carbocycles. The Hall–Kier alpha value is -1.36. The van der Waals surface area contributed by atoms with Gasteiger partial charge >= 0.3 is 11.9 Å². The zero-order valence-corrected chi connectivity index (χ0v) is 18.0. The molecule has 0 aromatic heterocycles. The summed E-state index contributed by atoms with van der Waals surface area (Å²) in [5, 5.41) is 20.7. The molecule has 5 nitrogen and oxygen atoms in total. The molecule has 5 heteroatoms. The van der Waals surface area contributed by atoms with Gasteiger partial charge in [0.05, 0.1) is 0 Å². The second-order valence-electron chi connectivity index (χ2n) is 7.72. The first-order valence-corrected chi connectivity index (χ1v) is 11.4. The Kier molecular flexibility index (Phi) is 19.4. The van der Waals surface area contributed by atoms with Gasteiger partial charge in [0.15, 0.2) is 0 Å². The van der Waals surface area contributed by atoms with Crippen LogP contribution >= 0.6 is 0 Å². The van der Waals surface area contributed by atoms with Crippen LogP contribution < -0.4 is 5.32 Å². The van der Waals surface area contributed by atoms with Crippen molar-refractivity contribution in [3.05, 3.63) is 12.2 Å². The van der Waals surface area contributed by atoms with Gasteiger partial charge in [0.1, 0.15) is 6.04 Å². The van der Waals surface area contributed by atoms with Gasteiger partial charge in [-0.3, -0.25) is 9.59 Å². The summed E-state index contributed by atoms with van der Waals surface area (Å²) >= 11 is 0. The van der Waals surface area contributed by atoms with Crippen LogP contribution in [0.2, 0.25) is 0 Å². The van der Waals surface area contributed by atoms with E-state index in [0.29, 0.717) is 6.54 Å². The number of nitrogens with one attached hydrogen (secondary N) is 1. The fourth-order valence-electron chi connectivity index (χ4n) is 3.23. The Bertz CT molecular complexity index is 409. The minimum atomic E-state index is -0.967. The molecule has 0 bridgehead atoms. The van der Waals surface area contributed by atoms with Gasteiger partial charge in [-0.1, -0.05) is 76.9 Å². The molecular formula is C23H43NO4. The molecule has 1 unspecified atom stereocenters. The monoisotopic (exact) mass is 397 g/mol. The van der Waals surface area contributed by atoms with Gasteiger partial charge in [-0.2, -0.15) is 0 Å². The number of unbranched alkanes of at least 4 members (excludes halogenated alkanes) is 12. The molecule has 0 spiro atoms. The molecule has 0 aliphatic rings. The van der Waals surface area contributed by atoms with Crippen molar-refractivity contribution in [1.29, 1.82) is 0 Å². The van der Waals surface area contributed by atoms with Crippen molar-refractivity contribution < 1.29 is 19.8 Å². The Morgan fingerprint density at radius 2 is 1.29 bits per heavy atom. The maximum absolute atomic E-state index is 11.1. The average Bonchev–Trinajstić information content (AvgIpc) is 2.66. The lowest BCUT2D eigenvalue weighted by Gasteiger charge is -2.13. The highest BCUT2D eigenvalue weighted by Crippen LogP contribution is 2.10. The van der Waals surface area contributed by atoms with E-state index >= 15 is 0 Å². The second-order valence-corrected chi connectivity index (χ2v) is 7.72. The summed E-state index contributed by atoms with van der Waals surface area (Å²) in [5.74, 6) is -1.92. The maximum Gasteiger partial charge on any atom is 0.320 e. The maximum atomic E-state index is 11.1. The Labute approximate surface area is 172 Å². The zero-order valence-electron chi connectivity index (χ0n) is 18.0. The molecule has 0 rings (SSSR count). The number of carboxylic acid groups (broad SMARTS) is 2. The third-order valence-corrected chi connectivity index (χ3v) is 5.02. The van der Waals surface area contributed by atoms with E-state index < -0.39 is 18.0 Å². The lowest BCUT2D eigenvalue weighted by molar-refractivity contribution is -0.140. The van der Waals surface area contributed by atoms with E-state index in [-0.39, 0.29) is 12.8 Å². The molecule has 0 saturated heterocycles. The topological polar surface area (TPSA) is 86.6 Å². The van der Waals surface area contributed by atoms with Gasteiger partial charge in [0.2, 0.25) is 0 Å². The summed E-state index contributed by atoms with van der Waals surface area (Å²) in [5.41, 5.74) is 0. The predicted octanol–water partition coefficient (Wildman–Crippen LogP) is 5.93. The van der Waals surface area contributed by atoms with Crippen LogP contribution in [0.1, 0.15) is 110 Å². The van der Waals surface area contributed by atoms with E-state index in [2.05, 4.69) is 24.4 Å². The van der Waals surface area contributed by atoms with Crippen LogP contribution in [0.25, 0.3) is 0 Å². The largest absolute Gasteiger partial charge is 0.481 e. The molecule has 0 aliphatic heterocycles. The fourth-order valence-corrected chi connectivity index (χ4v) is 3.23. The molecule has 0 heterocycles. The molecule has 164 valence electrons. The molecule has 0 fully saturated rings. The summed E-state index contributed by atoms with van der Waals surface area (Å²) in [6.45, 7) is 2.89. The first-order chi connectivity index (χ1) is 13.6. The number of carboxylic acids is 2. The van der Waals surface area contributed by atoms with Gasteiger partial charge in [0, 0.05) is 6.42 Å². The number of rotatable bonds is 21. The highest BCUT2D eigenvalue weighted by molar-refractivity contribution is 5.75. The smallest absolute Gasteiger partial charge is 0.320 e. The first kappa shape index (κ1) is 26.6. The molecule has 0 radical (unpaired) electrons. The second kappa shape index (κ2) is 20.4. The molecule has 0 amide bonds. The van der Waals surface area contributed by atoms with Crippen molar-refractivity contribution in [2.45, 2.75) is 116 Å². The van der Waals surface area contributed by atoms with Crippen molar-refractivity contribution in [3.63, 3.8) is 0 Å². The van der Waals surface area contributed by atoms with Crippen LogP contribution in [-0.2, 0) is 9.59 Å². The minimum absolute atomic E-state index is 0.114. The highest BCUT2D eigenvalue weighted by Gasteiger charge is 2.17. The van der Waals surface area contributed by atoms with E-state index in [0.717, 1.165) is 12.8 Å². The molecule has 0 aromatic carbocycles. The van der Waals surface area contributed by atoms with Crippen LogP contribution in [0.15, 0.2) is 12.2 Å². The number of allylic oxidation sites excluding steroid dienone is 2. The zero-order chi connectivity index (χ0) is 20.9. The van der Waals surface area contributed by atoms with Gasteiger partial charge in [0.25, 0.3) is 0 Å². The quantitative estimate of drug-likeness (QED) is 0.165.